The summed E-state index contributed by atoms with van der Waals surface area (Å²) in [6.07, 6.45) is 1.94. The van der Waals surface area contributed by atoms with E-state index < -0.39 is 31.0 Å². The van der Waals surface area contributed by atoms with Gasteiger partial charge in [0.15, 0.2) is 19.7 Å². The summed E-state index contributed by atoms with van der Waals surface area (Å²) in [5, 5.41) is 2.22. The first-order valence-corrected chi connectivity index (χ1v) is 10.9. The molecular formula is C15H21NO5S2. The molecule has 1 aliphatic heterocycles. The number of benzene rings is 1. The molecule has 0 radical (unpaired) electrons. The molecule has 1 saturated heterocycles. The lowest BCUT2D eigenvalue weighted by Gasteiger charge is -2.21. The molecule has 8 heteroatoms. The Morgan fingerprint density at radius 1 is 1.22 bits per heavy atom. The molecule has 2 aliphatic rings. The Hall–Kier alpha value is -1.12. The van der Waals surface area contributed by atoms with Crippen molar-refractivity contribution in [2.24, 2.45) is 0 Å². The van der Waals surface area contributed by atoms with Crippen molar-refractivity contribution in [3.05, 3.63) is 23.8 Å². The van der Waals surface area contributed by atoms with Crippen LogP contribution in [0.15, 0.2) is 23.1 Å². The van der Waals surface area contributed by atoms with Gasteiger partial charge in [-0.25, -0.2) is 16.8 Å². The highest BCUT2D eigenvalue weighted by Crippen LogP contribution is 2.33. The Bertz CT molecular complexity index is 812. The molecule has 3 rings (SSSR count). The monoisotopic (exact) mass is 359 g/mol. The van der Waals surface area contributed by atoms with Crippen molar-refractivity contribution < 1.29 is 21.6 Å². The van der Waals surface area contributed by atoms with Crippen molar-refractivity contribution in [2.45, 2.75) is 42.0 Å². The molecule has 23 heavy (non-hydrogen) atoms. The highest BCUT2D eigenvalue weighted by molar-refractivity contribution is 7.96. The molecule has 0 spiro atoms. The number of nitrogens with one attached hydrogen (secondary N) is 1. The number of methoxy groups -OCH3 is 1. The predicted molar refractivity (Wildman–Crippen MR) is 87.3 cm³/mol. The molecule has 1 N–H and O–H groups in total. The van der Waals surface area contributed by atoms with Crippen LogP contribution in [0.2, 0.25) is 0 Å². The van der Waals surface area contributed by atoms with E-state index in [9.17, 15) is 16.8 Å². The lowest BCUT2D eigenvalue weighted by atomic mass is 10.2. The quantitative estimate of drug-likeness (QED) is 0.832. The SMILES string of the molecule is COc1ccc(C)cc1S(=O)(=O)[C@@H]1CS(=O)(=O)C[C@H]1NC1CC1. The summed E-state index contributed by atoms with van der Waals surface area (Å²) in [6, 6.07) is 4.61. The van der Waals surface area contributed by atoms with E-state index in [1.165, 1.54) is 7.11 Å². The van der Waals surface area contributed by atoms with Crippen molar-refractivity contribution in [1.29, 1.82) is 0 Å². The second-order valence-corrected chi connectivity index (χ2v) is 10.7. The minimum atomic E-state index is -3.81. The number of rotatable bonds is 5. The first kappa shape index (κ1) is 16.7. The standard InChI is InChI=1S/C15H21NO5S2/c1-10-3-6-13(21-2)14(7-10)23(19,20)15-9-22(17,18)8-12(15)16-11-4-5-11/h3,6-7,11-12,15-16H,4-5,8-9H2,1-2H3/t12-,15-/m1/s1. The second kappa shape index (κ2) is 5.75. The van der Waals surface area contributed by atoms with Gasteiger partial charge < -0.3 is 10.1 Å². The molecule has 1 saturated carbocycles. The van der Waals surface area contributed by atoms with Gasteiger partial charge in [0, 0.05) is 12.1 Å². The second-order valence-electron chi connectivity index (χ2n) is 6.36. The maximum atomic E-state index is 13.1. The summed E-state index contributed by atoms with van der Waals surface area (Å²) in [5.74, 6) is -0.205. The Morgan fingerprint density at radius 3 is 2.52 bits per heavy atom. The van der Waals surface area contributed by atoms with Crippen LogP contribution >= 0.6 is 0 Å². The molecule has 0 aromatic heterocycles. The molecule has 1 heterocycles. The fourth-order valence-electron chi connectivity index (χ4n) is 3.00. The topological polar surface area (TPSA) is 89.5 Å². The molecule has 128 valence electrons. The van der Waals surface area contributed by atoms with Crippen LogP contribution in [0.5, 0.6) is 5.75 Å². The predicted octanol–water partition coefficient (Wildman–Crippen LogP) is 0.695. The lowest BCUT2D eigenvalue weighted by molar-refractivity contribution is 0.402. The molecule has 1 aliphatic carbocycles. The van der Waals surface area contributed by atoms with Crippen LogP contribution in [-0.4, -0.2) is 52.8 Å². The maximum Gasteiger partial charge on any atom is 0.187 e. The number of aryl methyl sites for hydroxylation is 1. The van der Waals surface area contributed by atoms with Crippen molar-refractivity contribution in [2.75, 3.05) is 18.6 Å². The number of sulfone groups is 2. The van der Waals surface area contributed by atoms with Gasteiger partial charge in [-0.3, -0.25) is 0 Å². The van der Waals surface area contributed by atoms with Crippen molar-refractivity contribution in [3.8, 4) is 5.75 Å². The first-order chi connectivity index (χ1) is 10.7. The van der Waals surface area contributed by atoms with Gasteiger partial charge in [-0.15, -0.1) is 0 Å². The summed E-state index contributed by atoms with van der Waals surface area (Å²) >= 11 is 0. The van der Waals surface area contributed by atoms with E-state index in [1.54, 1.807) is 25.1 Å². The summed E-state index contributed by atoms with van der Waals surface area (Å²) in [5.41, 5.74) is 0.789. The van der Waals surface area contributed by atoms with Gasteiger partial charge in [-0.2, -0.15) is 0 Å². The molecule has 2 fully saturated rings. The summed E-state index contributed by atoms with van der Waals surface area (Å²) in [4.78, 5) is 0.0738. The van der Waals surface area contributed by atoms with Crippen LogP contribution in [0.1, 0.15) is 18.4 Å². The Balaban J connectivity index is 2.01. The van der Waals surface area contributed by atoms with E-state index in [4.69, 9.17) is 4.74 Å². The van der Waals surface area contributed by atoms with Gasteiger partial charge >= 0.3 is 0 Å². The molecule has 0 unspecified atom stereocenters. The molecular weight excluding hydrogens is 338 g/mol. The van der Waals surface area contributed by atoms with Crippen LogP contribution in [0, 0.1) is 6.92 Å². The fourth-order valence-corrected chi connectivity index (χ4v) is 7.92. The number of hydrogen-bond acceptors (Lipinski definition) is 6. The van der Waals surface area contributed by atoms with Crippen LogP contribution in [0.4, 0.5) is 0 Å². The normalized spacial score (nSPS) is 27.0. The summed E-state index contributed by atoms with van der Waals surface area (Å²) < 4.78 is 55.4. The first-order valence-electron chi connectivity index (χ1n) is 7.58. The van der Waals surface area contributed by atoms with E-state index in [0.29, 0.717) is 0 Å². The Morgan fingerprint density at radius 2 is 1.91 bits per heavy atom. The largest absolute Gasteiger partial charge is 0.495 e. The molecule has 0 amide bonds. The molecule has 1 aromatic carbocycles. The van der Waals surface area contributed by atoms with E-state index in [2.05, 4.69) is 5.32 Å². The molecule has 1 aromatic rings. The minimum Gasteiger partial charge on any atom is -0.495 e. The smallest absolute Gasteiger partial charge is 0.187 e. The van der Waals surface area contributed by atoms with Crippen LogP contribution in [0.3, 0.4) is 0 Å². The minimum absolute atomic E-state index is 0.0738. The molecule has 2 atom stereocenters. The zero-order valence-corrected chi connectivity index (χ0v) is 14.8. The maximum absolute atomic E-state index is 13.1. The average molecular weight is 359 g/mol. The van der Waals surface area contributed by atoms with Gasteiger partial charge in [0.25, 0.3) is 0 Å². The number of ether oxygens (including phenoxy) is 1. The third-order valence-electron chi connectivity index (χ3n) is 4.35. The van der Waals surface area contributed by atoms with Crippen LogP contribution in [-0.2, 0) is 19.7 Å². The van der Waals surface area contributed by atoms with Gasteiger partial charge in [-0.05, 0) is 37.5 Å². The van der Waals surface area contributed by atoms with Crippen molar-refractivity contribution in [1.82, 2.24) is 5.32 Å². The summed E-state index contributed by atoms with van der Waals surface area (Å²) in [6.45, 7) is 1.80. The van der Waals surface area contributed by atoms with E-state index in [-0.39, 0.29) is 28.2 Å². The highest BCUT2D eigenvalue weighted by atomic mass is 32.2. The zero-order chi connectivity index (χ0) is 16.8. The van der Waals surface area contributed by atoms with E-state index in [0.717, 1.165) is 18.4 Å². The number of hydrogen-bond donors (Lipinski definition) is 1. The van der Waals surface area contributed by atoms with Crippen LogP contribution < -0.4 is 10.1 Å². The van der Waals surface area contributed by atoms with Crippen LogP contribution in [0.25, 0.3) is 0 Å². The van der Waals surface area contributed by atoms with Gasteiger partial charge in [0.1, 0.15) is 10.6 Å². The lowest BCUT2D eigenvalue weighted by Crippen LogP contribution is -2.44. The van der Waals surface area contributed by atoms with E-state index in [1.807, 2.05) is 0 Å². The van der Waals surface area contributed by atoms with Gasteiger partial charge in [-0.1, -0.05) is 6.07 Å². The van der Waals surface area contributed by atoms with E-state index >= 15 is 0 Å². The molecule has 6 nitrogen and oxygen atoms in total. The Labute approximate surface area is 137 Å². The van der Waals surface area contributed by atoms with Crippen molar-refractivity contribution >= 4 is 19.7 Å². The van der Waals surface area contributed by atoms with Crippen molar-refractivity contribution in [3.63, 3.8) is 0 Å². The van der Waals surface area contributed by atoms with Gasteiger partial charge in [0.2, 0.25) is 0 Å². The fraction of sp³-hybridized carbons (Fsp3) is 0.600. The molecule has 0 bridgehead atoms. The highest BCUT2D eigenvalue weighted by Gasteiger charge is 2.48. The van der Waals surface area contributed by atoms with Gasteiger partial charge in [0.05, 0.1) is 23.9 Å². The third kappa shape index (κ3) is 3.39. The zero-order valence-electron chi connectivity index (χ0n) is 13.2. The average Bonchev–Trinajstić information content (AvgIpc) is 3.22. The Kier molecular flexibility index (Phi) is 4.18. The third-order valence-corrected chi connectivity index (χ3v) is 8.52. The summed E-state index contributed by atoms with van der Waals surface area (Å²) in [7, 11) is -5.76.